The molecule has 0 aliphatic carbocycles. The summed E-state index contributed by atoms with van der Waals surface area (Å²) in [5.41, 5.74) is 3.85. The van der Waals surface area contributed by atoms with Gasteiger partial charge in [-0.3, -0.25) is 4.79 Å². The van der Waals surface area contributed by atoms with Crippen LogP contribution < -0.4 is 24.4 Å². The van der Waals surface area contributed by atoms with Crippen LogP contribution in [0.25, 0.3) is 0 Å². The molecule has 0 bridgehead atoms. The van der Waals surface area contributed by atoms with Crippen LogP contribution in [-0.2, 0) is 11.2 Å². The maximum absolute atomic E-state index is 12.2. The van der Waals surface area contributed by atoms with Gasteiger partial charge < -0.3 is 23.4 Å². The highest BCUT2D eigenvalue weighted by Gasteiger charge is 2.15. The van der Waals surface area contributed by atoms with Crippen molar-refractivity contribution in [1.29, 1.82) is 0 Å². The lowest BCUT2D eigenvalue weighted by Gasteiger charge is -2.09. The van der Waals surface area contributed by atoms with E-state index in [4.69, 9.17) is 23.4 Å². The van der Waals surface area contributed by atoms with Crippen LogP contribution in [0.3, 0.4) is 0 Å². The van der Waals surface area contributed by atoms with Crippen molar-refractivity contribution in [3.05, 3.63) is 71.7 Å². The number of methoxy groups -OCH3 is 3. The highest BCUT2D eigenvalue weighted by molar-refractivity contribution is 5.89. The van der Waals surface area contributed by atoms with Crippen molar-refractivity contribution in [2.45, 2.75) is 6.42 Å². The Morgan fingerprint density at radius 1 is 0.938 bits per heavy atom. The van der Waals surface area contributed by atoms with Crippen LogP contribution in [0.2, 0.25) is 0 Å². The maximum atomic E-state index is 12.2. The highest BCUT2D eigenvalue weighted by Crippen LogP contribution is 2.29. The van der Waals surface area contributed by atoms with Gasteiger partial charge in [0.05, 0.1) is 40.2 Å². The molecule has 0 aliphatic rings. The number of hydrogen-bond acceptors (Lipinski definition) is 8. The zero-order chi connectivity index (χ0) is 22.9. The van der Waals surface area contributed by atoms with Crippen molar-refractivity contribution in [2.75, 3.05) is 21.3 Å². The average Bonchev–Trinajstić information content (AvgIpc) is 3.35. The van der Waals surface area contributed by atoms with E-state index in [9.17, 15) is 9.59 Å². The Bertz CT molecular complexity index is 1110. The quantitative estimate of drug-likeness (QED) is 0.236. The Morgan fingerprint density at radius 2 is 1.66 bits per heavy atom. The number of carbonyl (C=O) groups is 2. The third-order valence-corrected chi connectivity index (χ3v) is 4.33. The molecule has 1 aromatic heterocycles. The normalized spacial score (nSPS) is 10.6. The molecule has 3 rings (SSSR count). The van der Waals surface area contributed by atoms with Gasteiger partial charge in [-0.1, -0.05) is 6.07 Å². The third-order valence-electron chi connectivity index (χ3n) is 4.33. The van der Waals surface area contributed by atoms with Crippen molar-refractivity contribution in [1.82, 2.24) is 5.43 Å². The number of ether oxygens (including phenoxy) is 4. The van der Waals surface area contributed by atoms with Crippen molar-refractivity contribution >= 4 is 18.1 Å². The van der Waals surface area contributed by atoms with Gasteiger partial charge in [-0.25, -0.2) is 10.2 Å². The molecule has 0 fully saturated rings. The molecule has 3 aromatic rings. The molecule has 0 spiro atoms. The molecule has 0 aliphatic heterocycles. The monoisotopic (exact) mass is 438 g/mol. The lowest BCUT2D eigenvalue weighted by molar-refractivity contribution is -0.120. The van der Waals surface area contributed by atoms with Crippen molar-refractivity contribution in [2.24, 2.45) is 5.10 Å². The molecule has 32 heavy (non-hydrogen) atoms. The third kappa shape index (κ3) is 5.66. The molecular formula is C23H22N2O7. The molecular weight excluding hydrogens is 416 g/mol. The smallest absolute Gasteiger partial charge is 0.379 e. The maximum Gasteiger partial charge on any atom is 0.379 e. The van der Waals surface area contributed by atoms with Crippen LogP contribution >= 0.6 is 0 Å². The molecule has 9 heteroatoms. The molecule has 0 saturated heterocycles. The minimum atomic E-state index is -0.642. The number of hydrogen-bond donors (Lipinski definition) is 1. The summed E-state index contributed by atoms with van der Waals surface area (Å²) < 4.78 is 26.0. The summed E-state index contributed by atoms with van der Waals surface area (Å²) in [6.07, 6.45) is 2.95. The van der Waals surface area contributed by atoms with E-state index < -0.39 is 5.97 Å². The van der Waals surface area contributed by atoms with Gasteiger partial charge in [-0.05, 0) is 53.6 Å². The molecule has 0 atom stereocenters. The van der Waals surface area contributed by atoms with E-state index in [1.165, 1.54) is 32.8 Å². The molecule has 2 aromatic carbocycles. The van der Waals surface area contributed by atoms with Gasteiger partial charge in [0.15, 0.2) is 23.0 Å². The zero-order valence-corrected chi connectivity index (χ0v) is 17.8. The second kappa shape index (κ2) is 10.7. The SMILES string of the molecule is COc1ccc(CC(=O)N/N=C/c2ccc(OC(=O)c3ccco3)c(OC)c2)cc1OC. The minimum Gasteiger partial charge on any atom is -0.493 e. The molecule has 1 heterocycles. The van der Waals surface area contributed by atoms with Crippen molar-refractivity contribution < 1.29 is 33.0 Å². The van der Waals surface area contributed by atoms with Gasteiger partial charge in [-0.2, -0.15) is 5.10 Å². The summed E-state index contributed by atoms with van der Waals surface area (Å²) in [5, 5.41) is 3.96. The first-order valence-corrected chi connectivity index (χ1v) is 9.50. The van der Waals surface area contributed by atoms with E-state index in [1.807, 2.05) is 0 Å². The lowest BCUT2D eigenvalue weighted by atomic mass is 10.1. The second-order valence-electron chi connectivity index (χ2n) is 6.44. The van der Waals surface area contributed by atoms with Crippen LogP contribution in [0, 0.1) is 0 Å². The fourth-order valence-corrected chi connectivity index (χ4v) is 2.79. The van der Waals surface area contributed by atoms with Gasteiger partial charge in [-0.15, -0.1) is 0 Å². The summed E-state index contributed by atoms with van der Waals surface area (Å²) >= 11 is 0. The topological polar surface area (TPSA) is 109 Å². The number of hydrazone groups is 1. The first-order chi connectivity index (χ1) is 15.5. The van der Waals surface area contributed by atoms with E-state index in [0.29, 0.717) is 22.8 Å². The average molecular weight is 438 g/mol. The Kier molecular flexibility index (Phi) is 7.47. The first kappa shape index (κ1) is 22.4. The first-order valence-electron chi connectivity index (χ1n) is 9.50. The molecule has 0 saturated carbocycles. The van der Waals surface area contributed by atoms with Crippen LogP contribution in [0.5, 0.6) is 23.0 Å². The van der Waals surface area contributed by atoms with Gasteiger partial charge in [0.25, 0.3) is 0 Å². The van der Waals surface area contributed by atoms with E-state index in [-0.39, 0.29) is 23.8 Å². The van der Waals surface area contributed by atoms with Crippen molar-refractivity contribution in [3.8, 4) is 23.0 Å². The Balaban J connectivity index is 1.60. The molecule has 1 N–H and O–H groups in total. The van der Waals surface area contributed by atoms with Gasteiger partial charge in [0, 0.05) is 0 Å². The Labute approximate surface area is 184 Å². The number of rotatable bonds is 9. The summed E-state index contributed by atoms with van der Waals surface area (Å²) in [6, 6.07) is 13.2. The molecule has 0 unspecified atom stereocenters. The van der Waals surface area contributed by atoms with Gasteiger partial charge in [0.1, 0.15) is 0 Å². The minimum absolute atomic E-state index is 0.0786. The number of nitrogens with zero attached hydrogens (tertiary/aromatic N) is 1. The zero-order valence-electron chi connectivity index (χ0n) is 17.8. The predicted molar refractivity (Wildman–Crippen MR) is 116 cm³/mol. The largest absolute Gasteiger partial charge is 0.493 e. The highest BCUT2D eigenvalue weighted by atomic mass is 16.6. The second-order valence-corrected chi connectivity index (χ2v) is 6.44. The number of amides is 1. The summed E-state index contributed by atoms with van der Waals surface area (Å²) in [7, 11) is 4.53. The number of carbonyl (C=O) groups excluding carboxylic acids is 2. The number of nitrogens with one attached hydrogen (secondary N) is 1. The summed E-state index contributed by atoms with van der Waals surface area (Å²) in [4.78, 5) is 24.2. The fourth-order valence-electron chi connectivity index (χ4n) is 2.79. The number of esters is 1. The van der Waals surface area contributed by atoms with E-state index in [1.54, 1.807) is 49.6 Å². The molecule has 1 amide bonds. The Morgan fingerprint density at radius 3 is 2.34 bits per heavy atom. The summed E-state index contributed by atoms with van der Waals surface area (Å²) in [5.74, 6) is 0.814. The standard InChI is InChI=1S/C23H22N2O7/c1-28-17-8-6-15(11-20(17)29-2)13-22(26)25-24-14-16-7-9-18(21(12-16)30-3)32-23(27)19-5-4-10-31-19/h4-12,14H,13H2,1-3H3,(H,25,26)/b24-14+. The lowest BCUT2D eigenvalue weighted by Crippen LogP contribution is -2.19. The van der Waals surface area contributed by atoms with E-state index in [2.05, 4.69) is 10.5 Å². The summed E-state index contributed by atoms with van der Waals surface area (Å²) in [6.45, 7) is 0. The Hall–Kier alpha value is -4.27. The van der Waals surface area contributed by atoms with Gasteiger partial charge in [0.2, 0.25) is 11.7 Å². The molecule has 166 valence electrons. The fraction of sp³-hybridized carbons (Fsp3) is 0.174. The van der Waals surface area contributed by atoms with Crippen LogP contribution in [-0.4, -0.2) is 39.4 Å². The van der Waals surface area contributed by atoms with Crippen molar-refractivity contribution in [3.63, 3.8) is 0 Å². The van der Waals surface area contributed by atoms with Crippen LogP contribution in [0.15, 0.2) is 64.3 Å². The number of benzene rings is 2. The van der Waals surface area contributed by atoms with Crippen LogP contribution in [0.1, 0.15) is 21.7 Å². The van der Waals surface area contributed by atoms with Gasteiger partial charge >= 0.3 is 5.97 Å². The number of furan rings is 1. The van der Waals surface area contributed by atoms with Crippen LogP contribution in [0.4, 0.5) is 0 Å². The van der Waals surface area contributed by atoms with E-state index >= 15 is 0 Å². The molecule has 9 nitrogen and oxygen atoms in total. The van der Waals surface area contributed by atoms with E-state index in [0.717, 1.165) is 5.56 Å². The molecule has 0 radical (unpaired) electrons. The predicted octanol–water partition coefficient (Wildman–Crippen LogP) is 3.22.